The number of carbonyl (C=O) groups excluding carboxylic acids is 3. The third-order valence-electron chi connectivity index (χ3n) is 6.63. The Balaban J connectivity index is 1.51. The van der Waals surface area contributed by atoms with Gasteiger partial charge < -0.3 is 20.3 Å². The Kier molecular flexibility index (Phi) is 6.26. The summed E-state index contributed by atoms with van der Waals surface area (Å²) in [6.45, 7) is 3.26. The Morgan fingerprint density at radius 3 is 2.52 bits per heavy atom. The number of alkyl halides is 3. The van der Waals surface area contributed by atoms with Crippen LogP contribution < -0.4 is 15.5 Å². The summed E-state index contributed by atoms with van der Waals surface area (Å²) in [7, 11) is 0. The van der Waals surface area contributed by atoms with E-state index in [-0.39, 0.29) is 5.69 Å². The van der Waals surface area contributed by atoms with Gasteiger partial charge in [0.1, 0.15) is 12.1 Å². The number of hydrogen-bond acceptors (Lipinski definition) is 5. The molecule has 3 fully saturated rings. The minimum atomic E-state index is -4.58. The number of urea groups is 1. The van der Waals surface area contributed by atoms with Crippen LogP contribution in [0.2, 0.25) is 0 Å². The van der Waals surface area contributed by atoms with Crippen LogP contribution in [0.4, 0.5) is 29.3 Å². The van der Waals surface area contributed by atoms with E-state index >= 15 is 0 Å². The van der Waals surface area contributed by atoms with E-state index in [0.717, 1.165) is 29.9 Å². The number of imide groups is 1. The molecule has 180 valence electrons. The van der Waals surface area contributed by atoms with Crippen molar-refractivity contribution >= 4 is 29.2 Å². The van der Waals surface area contributed by atoms with Gasteiger partial charge in [-0.2, -0.15) is 13.2 Å². The van der Waals surface area contributed by atoms with E-state index < -0.39 is 41.7 Å². The first-order valence-corrected chi connectivity index (χ1v) is 11.1. The smallest absolute Gasteiger partial charge is 0.378 e. The van der Waals surface area contributed by atoms with Crippen LogP contribution in [-0.2, 0) is 20.5 Å². The lowest BCUT2D eigenvalue weighted by molar-refractivity contribution is -0.137. The molecule has 8 nitrogen and oxygen atoms in total. The van der Waals surface area contributed by atoms with Gasteiger partial charge in [-0.1, -0.05) is 6.92 Å². The van der Waals surface area contributed by atoms with Gasteiger partial charge in [0, 0.05) is 13.1 Å². The number of rotatable bonds is 4. The molecule has 0 aromatic heterocycles. The van der Waals surface area contributed by atoms with Crippen molar-refractivity contribution in [3.05, 3.63) is 23.8 Å². The highest BCUT2D eigenvalue weighted by Crippen LogP contribution is 2.37. The predicted octanol–water partition coefficient (Wildman–Crippen LogP) is 2.98. The highest BCUT2D eigenvalue weighted by Gasteiger charge is 2.52. The van der Waals surface area contributed by atoms with Gasteiger partial charge in [-0.05, 0) is 49.8 Å². The van der Waals surface area contributed by atoms with Gasteiger partial charge in [0.05, 0.1) is 30.2 Å². The topological polar surface area (TPSA) is 91.0 Å². The van der Waals surface area contributed by atoms with Crippen LogP contribution in [0.5, 0.6) is 0 Å². The van der Waals surface area contributed by atoms with Crippen molar-refractivity contribution in [3.8, 4) is 0 Å². The highest BCUT2D eigenvalue weighted by atomic mass is 19.4. The maximum atomic E-state index is 13.3. The fraction of sp³-hybridized carbons (Fsp3) is 0.591. The summed E-state index contributed by atoms with van der Waals surface area (Å²) in [5.41, 5.74) is -1.49. The Bertz CT molecular complexity index is 938. The van der Waals surface area contributed by atoms with E-state index in [4.69, 9.17) is 4.74 Å². The molecule has 0 radical (unpaired) electrons. The standard InChI is InChI=1S/C22H27F3N4O4/c1-14-4-6-21(7-5-14)19(31)29(20(32)27-21)13-18(30)26-16-12-15(22(23,24)25)2-3-17(16)28-8-10-33-11-9-28/h2-3,12,14H,4-11,13H2,1H3,(H,26,30)(H,27,32). The van der Waals surface area contributed by atoms with Crippen molar-refractivity contribution in [1.29, 1.82) is 0 Å². The van der Waals surface area contributed by atoms with E-state index in [9.17, 15) is 27.6 Å². The summed E-state index contributed by atoms with van der Waals surface area (Å²) >= 11 is 0. The van der Waals surface area contributed by atoms with Crippen LogP contribution >= 0.6 is 0 Å². The lowest BCUT2D eigenvalue weighted by Gasteiger charge is -2.33. The molecule has 1 aromatic rings. The van der Waals surface area contributed by atoms with Crippen molar-refractivity contribution in [2.45, 2.75) is 44.3 Å². The van der Waals surface area contributed by atoms with Crippen molar-refractivity contribution in [1.82, 2.24) is 10.2 Å². The summed E-state index contributed by atoms with van der Waals surface area (Å²) in [4.78, 5) is 40.9. The number of nitrogens with zero attached hydrogens (tertiary/aromatic N) is 2. The summed E-state index contributed by atoms with van der Waals surface area (Å²) in [6.07, 6.45) is -1.99. The number of nitrogens with one attached hydrogen (secondary N) is 2. The monoisotopic (exact) mass is 468 g/mol. The molecule has 1 saturated carbocycles. The Morgan fingerprint density at radius 1 is 1.21 bits per heavy atom. The quantitative estimate of drug-likeness (QED) is 0.663. The second kappa shape index (κ2) is 8.85. The molecule has 0 atom stereocenters. The summed E-state index contributed by atoms with van der Waals surface area (Å²) < 4.78 is 45.2. The maximum absolute atomic E-state index is 13.3. The first-order chi connectivity index (χ1) is 15.6. The molecule has 1 aliphatic carbocycles. The van der Waals surface area contributed by atoms with Gasteiger partial charge >= 0.3 is 12.2 Å². The molecular weight excluding hydrogens is 441 g/mol. The second-order valence-corrected chi connectivity index (χ2v) is 8.96. The van der Waals surface area contributed by atoms with E-state index in [1.807, 2.05) is 4.90 Å². The molecule has 4 amide bonds. The SMILES string of the molecule is CC1CCC2(CC1)NC(=O)N(CC(=O)Nc1cc(C(F)(F)F)ccc1N1CCOCC1)C2=O. The molecule has 2 aliphatic heterocycles. The molecule has 1 spiro atoms. The van der Waals surface area contributed by atoms with Crippen LogP contribution in [0.25, 0.3) is 0 Å². The number of benzene rings is 1. The number of carbonyl (C=O) groups is 3. The molecule has 3 aliphatic rings. The first-order valence-electron chi connectivity index (χ1n) is 11.1. The number of amides is 4. The third-order valence-corrected chi connectivity index (χ3v) is 6.63. The number of halogens is 3. The Hall–Kier alpha value is -2.82. The third kappa shape index (κ3) is 4.78. The van der Waals surface area contributed by atoms with Gasteiger partial charge in [-0.15, -0.1) is 0 Å². The van der Waals surface area contributed by atoms with Gasteiger partial charge in [-0.25, -0.2) is 4.79 Å². The summed E-state index contributed by atoms with van der Waals surface area (Å²) in [5, 5.41) is 5.23. The zero-order valence-corrected chi connectivity index (χ0v) is 18.3. The van der Waals surface area contributed by atoms with Crippen molar-refractivity contribution < 1.29 is 32.3 Å². The predicted molar refractivity (Wildman–Crippen MR) is 114 cm³/mol. The van der Waals surface area contributed by atoms with Gasteiger partial charge in [0.2, 0.25) is 5.91 Å². The average Bonchev–Trinajstić information content (AvgIpc) is 3.00. The number of ether oxygens (including phenoxy) is 1. The molecule has 0 bridgehead atoms. The molecule has 2 N–H and O–H groups in total. The fourth-order valence-electron chi connectivity index (χ4n) is 4.64. The summed E-state index contributed by atoms with van der Waals surface area (Å²) in [6, 6.07) is 2.50. The largest absolute Gasteiger partial charge is 0.416 e. The zero-order valence-electron chi connectivity index (χ0n) is 18.3. The molecule has 11 heteroatoms. The van der Waals surface area contributed by atoms with Crippen LogP contribution in [0, 0.1) is 5.92 Å². The molecule has 2 heterocycles. The van der Waals surface area contributed by atoms with Crippen molar-refractivity contribution in [3.63, 3.8) is 0 Å². The van der Waals surface area contributed by atoms with E-state index in [1.165, 1.54) is 6.07 Å². The lowest BCUT2D eigenvalue weighted by Crippen LogP contribution is -2.49. The fourth-order valence-corrected chi connectivity index (χ4v) is 4.64. The minimum absolute atomic E-state index is 0.0232. The van der Waals surface area contributed by atoms with E-state index in [1.54, 1.807) is 0 Å². The van der Waals surface area contributed by atoms with Crippen LogP contribution in [-0.4, -0.2) is 61.1 Å². The maximum Gasteiger partial charge on any atom is 0.416 e. The van der Waals surface area contributed by atoms with Gasteiger partial charge in [-0.3, -0.25) is 14.5 Å². The van der Waals surface area contributed by atoms with Gasteiger partial charge in [0.25, 0.3) is 5.91 Å². The first kappa shape index (κ1) is 23.3. The molecular formula is C22H27F3N4O4. The molecule has 1 aromatic carbocycles. The zero-order chi connectivity index (χ0) is 23.8. The van der Waals surface area contributed by atoms with E-state index in [2.05, 4.69) is 17.6 Å². The normalized spacial score (nSPS) is 26.0. The number of hydrogen-bond donors (Lipinski definition) is 2. The van der Waals surface area contributed by atoms with Crippen molar-refractivity contribution in [2.75, 3.05) is 43.1 Å². The average molecular weight is 468 g/mol. The summed E-state index contributed by atoms with van der Waals surface area (Å²) in [5.74, 6) is -0.738. The Morgan fingerprint density at radius 2 is 1.88 bits per heavy atom. The molecule has 0 unspecified atom stereocenters. The van der Waals surface area contributed by atoms with E-state index in [0.29, 0.717) is 50.8 Å². The lowest BCUT2D eigenvalue weighted by atomic mass is 9.77. The van der Waals surface area contributed by atoms with Crippen LogP contribution in [0.1, 0.15) is 38.2 Å². The highest BCUT2D eigenvalue weighted by molar-refractivity contribution is 6.10. The molecule has 2 saturated heterocycles. The van der Waals surface area contributed by atoms with Crippen molar-refractivity contribution in [2.24, 2.45) is 5.92 Å². The number of morpholine rings is 1. The Labute approximate surface area is 189 Å². The second-order valence-electron chi connectivity index (χ2n) is 8.96. The van der Waals surface area contributed by atoms with Crippen LogP contribution in [0.15, 0.2) is 18.2 Å². The molecule has 4 rings (SSSR count). The number of anilines is 2. The molecule has 33 heavy (non-hydrogen) atoms. The minimum Gasteiger partial charge on any atom is -0.378 e. The van der Waals surface area contributed by atoms with Gasteiger partial charge in [0.15, 0.2) is 0 Å². The van der Waals surface area contributed by atoms with Crippen LogP contribution in [0.3, 0.4) is 0 Å².